The van der Waals surface area contributed by atoms with E-state index in [1.54, 1.807) is 24.3 Å². The predicted molar refractivity (Wildman–Crippen MR) is 120 cm³/mol. The molecular formula is C24H36N2O6. The minimum Gasteiger partial charge on any atom is -0.465 e. The number of nitrogens with one attached hydrogen (secondary N) is 1. The Morgan fingerprint density at radius 2 is 1.75 bits per heavy atom. The van der Waals surface area contributed by atoms with Crippen LogP contribution in [0.4, 0.5) is 0 Å². The highest BCUT2D eigenvalue weighted by atomic mass is 16.5. The van der Waals surface area contributed by atoms with Gasteiger partial charge in [0, 0.05) is 6.04 Å². The SMILES string of the molecule is COC(=O)c1ccc(COC(=O)CNC(=O)C(OC(C)C)C(N)CC2CCCCC2)cc1. The minimum absolute atomic E-state index is 0.0310. The van der Waals surface area contributed by atoms with E-state index in [0.29, 0.717) is 17.0 Å². The Bertz CT molecular complexity index is 743. The molecule has 178 valence electrons. The van der Waals surface area contributed by atoms with Gasteiger partial charge in [-0.25, -0.2) is 4.79 Å². The van der Waals surface area contributed by atoms with Crippen molar-refractivity contribution in [3.05, 3.63) is 35.4 Å². The molecule has 0 saturated heterocycles. The molecule has 1 aliphatic carbocycles. The smallest absolute Gasteiger partial charge is 0.337 e. The Morgan fingerprint density at radius 1 is 1.09 bits per heavy atom. The van der Waals surface area contributed by atoms with Gasteiger partial charge >= 0.3 is 11.9 Å². The first kappa shape index (κ1) is 25.8. The second-order valence-corrected chi connectivity index (χ2v) is 8.58. The molecule has 0 heterocycles. The maximum Gasteiger partial charge on any atom is 0.337 e. The fraction of sp³-hybridized carbons (Fsp3) is 0.625. The fourth-order valence-electron chi connectivity index (χ4n) is 3.91. The third kappa shape index (κ3) is 8.59. The van der Waals surface area contributed by atoms with Crippen LogP contribution in [0.25, 0.3) is 0 Å². The predicted octanol–water partition coefficient (Wildman–Crippen LogP) is 2.72. The van der Waals surface area contributed by atoms with Crippen molar-refractivity contribution in [3.63, 3.8) is 0 Å². The van der Waals surface area contributed by atoms with Crippen LogP contribution in [0.3, 0.4) is 0 Å². The van der Waals surface area contributed by atoms with Crippen LogP contribution in [0.5, 0.6) is 0 Å². The molecule has 1 aromatic carbocycles. The average Bonchev–Trinajstić information content (AvgIpc) is 2.79. The molecule has 0 radical (unpaired) electrons. The van der Waals surface area contributed by atoms with Crippen LogP contribution in [-0.2, 0) is 30.4 Å². The molecule has 1 fully saturated rings. The van der Waals surface area contributed by atoms with Crippen LogP contribution < -0.4 is 11.1 Å². The van der Waals surface area contributed by atoms with Crippen molar-refractivity contribution in [3.8, 4) is 0 Å². The molecule has 0 bridgehead atoms. The summed E-state index contributed by atoms with van der Waals surface area (Å²) in [5.41, 5.74) is 7.48. The molecule has 0 spiro atoms. The van der Waals surface area contributed by atoms with Gasteiger partial charge in [-0.3, -0.25) is 9.59 Å². The molecule has 8 heteroatoms. The summed E-state index contributed by atoms with van der Waals surface area (Å²) in [6.45, 7) is 3.47. The zero-order valence-corrected chi connectivity index (χ0v) is 19.3. The first-order valence-corrected chi connectivity index (χ1v) is 11.3. The van der Waals surface area contributed by atoms with Gasteiger partial charge in [-0.05, 0) is 43.9 Å². The van der Waals surface area contributed by atoms with Crippen LogP contribution >= 0.6 is 0 Å². The molecular weight excluding hydrogens is 412 g/mol. The van der Waals surface area contributed by atoms with Crippen LogP contribution in [0.15, 0.2) is 24.3 Å². The summed E-state index contributed by atoms with van der Waals surface area (Å²) in [6.07, 6.45) is 5.70. The highest BCUT2D eigenvalue weighted by Crippen LogP contribution is 2.28. The minimum atomic E-state index is -0.810. The van der Waals surface area contributed by atoms with Gasteiger partial charge in [-0.1, -0.05) is 44.2 Å². The molecule has 0 aromatic heterocycles. The van der Waals surface area contributed by atoms with E-state index in [1.165, 1.54) is 26.4 Å². The standard InChI is InChI=1S/C24H36N2O6/c1-16(2)32-22(20(25)13-17-7-5-4-6-8-17)23(28)26-14-21(27)31-15-18-9-11-19(12-10-18)24(29)30-3/h9-12,16-17,20,22H,4-8,13-15,25H2,1-3H3,(H,26,28). The molecule has 0 aliphatic heterocycles. The normalized spacial score (nSPS) is 16.3. The largest absolute Gasteiger partial charge is 0.465 e. The van der Waals surface area contributed by atoms with E-state index < -0.39 is 30.0 Å². The quantitative estimate of drug-likeness (QED) is 0.500. The van der Waals surface area contributed by atoms with Crippen LogP contribution in [0, 0.1) is 5.92 Å². The third-order valence-electron chi connectivity index (χ3n) is 5.58. The number of esters is 2. The lowest BCUT2D eigenvalue weighted by atomic mass is 9.84. The Labute approximate surface area is 190 Å². The fourth-order valence-corrected chi connectivity index (χ4v) is 3.91. The Hall–Kier alpha value is -2.45. The lowest BCUT2D eigenvalue weighted by molar-refractivity contribution is -0.147. The van der Waals surface area contributed by atoms with Crippen molar-refractivity contribution in [1.82, 2.24) is 5.32 Å². The maximum atomic E-state index is 12.7. The van der Waals surface area contributed by atoms with Crippen LogP contribution in [0.1, 0.15) is 68.3 Å². The van der Waals surface area contributed by atoms with E-state index in [1.807, 2.05) is 13.8 Å². The number of ether oxygens (including phenoxy) is 3. The summed E-state index contributed by atoms with van der Waals surface area (Å²) >= 11 is 0. The van der Waals surface area contributed by atoms with E-state index >= 15 is 0 Å². The second-order valence-electron chi connectivity index (χ2n) is 8.58. The number of methoxy groups -OCH3 is 1. The molecule has 1 saturated carbocycles. The molecule has 3 N–H and O–H groups in total. The van der Waals surface area contributed by atoms with Crippen molar-refractivity contribution in [2.45, 2.75) is 77.2 Å². The number of hydrogen-bond acceptors (Lipinski definition) is 7. The molecule has 2 unspecified atom stereocenters. The summed E-state index contributed by atoms with van der Waals surface area (Å²) in [4.78, 5) is 36.2. The van der Waals surface area contributed by atoms with Gasteiger partial charge in [0.1, 0.15) is 13.2 Å². The highest BCUT2D eigenvalue weighted by molar-refractivity contribution is 5.89. The summed E-state index contributed by atoms with van der Waals surface area (Å²) in [6, 6.07) is 6.12. The summed E-state index contributed by atoms with van der Waals surface area (Å²) in [5.74, 6) is -0.891. The Kier molecular flexibility index (Phi) is 10.6. The van der Waals surface area contributed by atoms with Crippen molar-refractivity contribution in [2.24, 2.45) is 11.7 Å². The molecule has 32 heavy (non-hydrogen) atoms. The summed E-state index contributed by atoms with van der Waals surface area (Å²) in [7, 11) is 1.31. The van der Waals surface area contributed by atoms with Gasteiger partial charge in [0.15, 0.2) is 6.10 Å². The maximum absolute atomic E-state index is 12.7. The van der Waals surface area contributed by atoms with E-state index in [0.717, 1.165) is 19.3 Å². The number of benzene rings is 1. The molecule has 2 atom stereocenters. The van der Waals surface area contributed by atoms with Gasteiger partial charge in [0.25, 0.3) is 5.91 Å². The van der Waals surface area contributed by atoms with Crippen molar-refractivity contribution in [1.29, 1.82) is 0 Å². The molecule has 1 aliphatic rings. The molecule has 2 rings (SSSR count). The molecule has 1 aromatic rings. The van der Waals surface area contributed by atoms with Gasteiger partial charge < -0.3 is 25.3 Å². The van der Waals surface area contributed by atoms with Crippen molar-refractivity contribution < 1.29 is 28.6 Å². The first-order chi connectivity index (χ1) is 15.3. The number of hydrogen-bond donors (Lipinski definition) is 2. The molecule has 8 nitrogen and oxygen atoms in total. The molecule has 1 amide bonds. The second kappa shape index (κ2) is 13.2. The van der Waals surface area contributed by atoms with E-state index in [2.05, 4.69) is 10.1 Å². The monoisotopic (exact) mass is 448 g/mol. The van der Waals surface area contributed by atoms with Crippen LogP contribution in [-0.4, -0.2) is 49.8 Å². The summed E-state index contributed by atoms with van der Waals surface area (Å²) in [5, 5.41) is 2.59. The lowest BCUT2D eigenvalue weighted by Crippen LogP contribution is -2.50. The number of carbonyl (C=O) groups excluding carboxylic acids is 3. The van der Waals surface area contributed by atoms with Crippen molar-refractivity contribution >= 4 is 17.8 Å². The lowest BCUT2D eigenvalue weighted by Gasteiger charge is -2.29. The van der Waals surface area contributed by atoms with E-state index in [9.17, 15) is 14.4 Å². The number of rotatable bonds is 11. The number of carbonyl (C=O) groups is 3. The summed E-state index contributed by atoms with van der Waals surface area (Å²) < 4.78 is 15.6. The van der Waals surface area contributed by atoms with Gasteiger partial charge in [-0.15, -0.1) is 0 Å². The van der Waals surface area contributed by atoms with E-state index in [-0.39, 0.29) is 19.3 Å². The van der Waals surface area contributed by atoms with Crippen LogP contribution in [0.2, 0.25) is 0 Å². The average molecular weight is 449 g/mol. The Morgan fingerprint density at radius 3 is 2.34 bits per heavy atom. The van der Waals surface area contributed by atoms with Gasteiger partial charge in [0.2, 0.25) is 0 Å². The number of nitrogens with two attached hydrogens (primary N) is 1. The zero-order chi connectivity index (χ0) is 23.5. The Balaban J connectivity index is 1.81. The van der Waals surface area contributed by atoms with Crippen molar-refractivity contribution in [2.75, 3.05) is 13.7 Å². The third-order valence-corrected chi connectivity index (χ3v) is 5.58. The topological polar surface area (TPSA) is 117 Å². The van der Waals surface area contributed by atoms with E-state index in [4.69, 9.17) is 15.2 Å². The zero-order valence-electron chi connectivity index (χ0n) is 19.3. The first-order valence-electron chi connectivity index (χ1n) is 11.3. The van der Waals surface area contributed by atoms with Gasteiger partial charge in [-0.2, -0.15) is 0 Å². The van der Waals surface area contributed by atoms with Gasteiger partial charge in [0.05, 0.1) is 18.8 Å². The highest BCUT2D eigenvalue weighted by Gasteiger charge is 2.30. The number of amides is 1.